The minimum atomic E-state index is 0.0477. The first-order valence-corrected chi connectivity index (χ1v) is 9.47. The van der Waals surface area contributed by atoms with Gasteiger partial charge in [0.05, 0.1) is 0 Å². The van der Waals surface area contributed by atoms with E-state index in [1.54, 1.807) is 0 Å². The molecule has 4 nitrogen and oxygen atoms in total. The smallest absolute Gasteiger partial charge is 0.317 e. The van der Waals surface area contributed by atoms with Gasteiger partial charge in [0.1, 0.15) is 0 Å². The van der Waals surface area contributed by atoms with E-state index in [1.807, 2.05) is 11.0 Å². The number of hydrogen-bond donors (Lipinski definition) is 1. The molecule has 1 heterocycles. The zero-order chi connectivity index (χ0) is 18.4. The molecule has 2 aromatic carbocycles. The molecule has 0 atom stereocenters. The van der Waals surface area contributed by atoms with Crippen LogP contribution >= 0.6 is 0 Å². The molecule has 138 valence electrons. The van der Waals surface area contributed by atoms with Crippen molar-refractivity contribution in [3.8, 4) is 0 Å². The standard InChI is InChI=1S/C22H29N3O/c1-18-9-10-21(19(2)15-18)16-23-22(26)25-12-6-11-24(13-14-25)17-20-7-4-3-5-8-20/h3-5,7-10,15H,6,11-14,16-17H2,1-2H3,(H,23,26). The molecule has 1 fully saturated rings. The first kappa shape index (κ1) is 18.5. The molecule has 26 heavy (non-hydrogen) atoms. The van der Waals surface area contributed by atoms with Crippen molar-refractivity contribution < 1.29 is 4.79 Å². The van der Waals surface area contributed by atoms with E-state index in [1.165, 1.54) is 22.3 Å². The Morgan fingerprint density at radius 3 is 2.58 bits per heavy atom. The van der Waals surface area contributed by atoms with Crippen LogP contribution in [0.4, 0.5) is 4.79 Å². The summed E-state index contributed by atoms with van der Waals surface area (Å²) >= 11 is 0. The zero-order valence-electron chi connectivity index (χ0n) is 15.9. The lowest BCUT2D eigenvalue weighted by molar-refractivity contribution is 0.197. The Kier molecular flexibility index (Phi) is 6.29. The second-order valence-electron chi connectivity index (χ2n) is 7.19. The summed E-state index contributed by atoms with van der Waals surface area (Å²) < 4.78 is 0. The zero-order valence-corrected chi connectivity index (χ0v) is 15.9. The molecule has 1 saturated heterocycles. The quantitative estimate of drug-likeness (QED) is 0.911. The Bertz CT molecular complexity index is 729. The molecule has 2 aromatic rings. The maximum atomic E-state index is 12.6. The van der Waals surface area contributed by atoms with Crippen LogP contribution in [-0.4, -0.2) is 42.0 Å². The van der Waals surface area contributed by atoms with Crippen molar-refractivity contribution in [1.29, 1.82) is 0 Å². The van der Waals surface area contributed by atoms with Gasteiger partial charge in [-0.15, -0.1) is 0 Å². The van der Waals surface area contributed by atoms with E-state index in [0.717, 1.165) is 39.1 Å². The monoisotopic (exact) mass is 351 g/mol. The minimum absolute atomic E-state index is 0.0477. The molecule has 4 heteroatoms. The summed E-state index contributed by atoms with van der Waals surface area (Å²) in [6, 6.07) is 17.0. The normalized spacial score (nSPS) is 15.5. The third kappa shape index (κ3) is 5.09. The number of nitrogens with zero attached hydrogens (tertiary/aromatic N) is 2. The Balaban J connectivity index is 1.49. The lowest BCUT2D eigenvalue weighted by atomic mass is 10.1. The number of carbonyl (C=O) groups excluding carboxylic acids is 1. The van der Waals surface area contributed by atoms with Crippen molar-refractivity contribution >= 4 is 6.03 Å². The average molecular weight is 351 g/mol. The molecule has 0 saturated carbocycles. The first-order valence-electron chi connectivity index (χ1n) is 9.47. The third-order valence-corrected chi connectivity index (χ3v) is 5.05. The van der Waals surface area contributed by atoms with Crippen LogP contribution in [0.25, 0.3) is 0 Å². The number of carbonyl (C=O) groups is 1. The molecule has 2 amide bonds. The summed E-state index contributed by atoms with van der Waals surface area (Å²) in [4.78, 5) is 17.0. The van der Waals surface area contributed by atoms with Gasteiger partial charge in [0.2, 0.25) is 0 Å². The highest BCUT2D eigenvalue weighted by atomic mass is 16.2. The van der Waals surface area contributed by atoms with Crippen LogP contribution in [0.15, 0.2) is 48.5 Å². The summed E-state index contributed by atoms with van der Waals surface area (Å²) in [5, 5.41) is 3.09. The van der Waals surface area contributed by atoms with Gasteiger partial charge in [-0.25, -0.2) is 4.79 Å². The van der Waals surface area contributed by atoms with E-state index < -0.39 is 0 Å². The lowest BCUT2D eigenvalue weighted by Gasteiger charge is -2.22. The van der Waals surface area contributed by atoms with Gasteiger partial charge in [-0.05, 0) is 37.0 Å². The largest absolute Gasteiger partial charge is 0.334 e. The molecule has 3 rings (SSSR count). The van der Waals surface area contributed by atoms with Gasteiger partial charge in [-0.3, -0.25) is 4.90 Å². The number of urea groups is 1. The molecule has 0 unspecified atom stereocenters. The topological polar surface area (TPSA) is 35.6 Å². The highest BCUT2D eigenvalue weighted by molar-refractivity contribution is 5.74. The molecular formula is C22H29N3O. The Labute approximate surface area is 156 Å². The minimum Gasteiger partial charge on any atom is -0.334 e. The van der Waals surface area contributed by atoms with Crippen molar-refractivity contribution in [1.82, 2.24) is 15.1 Å². The Morgan fingerprint density at radius 2 is 1.81 bits per heavy atom. The number of hydrogen-bond acceptors (Lipinski definition) is 2. The van der Waals surface area contributed by atoms with E-state index in [2.05, 4.69) is 66.5 Å². The maximum Gasteiger partial charge on any atom is 0.317 e. The molecule has 0 bridgehead atoms. The van der Waals surface area contributed by atoms with Crippen LogP contribution < -0.4 is 5.32 Å². The van der Waals surface area contributed by atoms with Gasteiger partial charge in [0.15, 0.2) is 0 Å². The fourth-order valence-corrected chi connectivity index (χ4v) is 3.50. The summed E-state index contributed by atoms with van der Waals surface area (Å²) in [6.07, 6.45) is 1.02. The summed E-state index contributed by atoms with van der Waals surface area (Å²) in [6.45, 7) is 9.31. The van der Waals surface area contributed by atoms with Crippen LogP contribution in [0.2, 0.25) is 0 Å². The van der Waals surface area contributed by atoms with Crippen LogP contribution in [0.3, 0.4) is 0 Å². The molecule has 0 radical (unpaired) electrons. The van der Waals surface area contributed by atoms with E-state index in [0.29, 0.717) is 6.54 Å². The van der Waals surface area contributed by atoms with Gasteiger partial charge >= 0.3 is 6.03 Å². The maximum absolute atomic E-state index is 12.6. The van der Waals surface area contributed by atoms with Crippen molar-refractivity contribution in [3.63, 3.8) is 0 Å². The molecule has 1 N–H and O–H groups in total. The number of nitrogens with one attached hydrogen (secondary N) is 1. The third-order valence-electron chi connectivity index (χ3n) is 5.05. The average Bonchev–Trinajstić information content (AvgIpc) is 2.87. The lowest BCUT2D eigenvalue weighted by Crippen LogP contribution is -2.41. The predicted molar refractivity (Wildman–Crippen MR) is 106 cm³/mol. The van der Waals surface area contributed by atoms with Gasteiger partial charge in [0.25, 0.3) is 0 Å². The molecule has 1 aliphatic rings. The van der Waals surface area contributed by atoms with Crippen molar-refractivity contribution in [2.45, 2.75) is 33.4 Å². The van der Waals surface area contributed by atoms with Crippen molar-refractivity contribution in [3.05, 3.63) is 70.8 Å². The molecule has 0 aliphatic carbocycles. The molecule has 0 aromatic heterocycles. The second kappa shape index (κ2) is 8.86. The summed E-state index contributed by atoms with van der Waals surface area (Å²) in [5.41, 5.74) is 5.00. The van der Waals surface area contributed by atoms with E-state index in [9.17, 15) is 4.79 Å². The predicted octanol–water partition coefficient (Wildman–Crippen LogP) is 3.72. The van der Waals surface area contributed by atoms with Crippen molar-refractivity contribution in [2.24, 2.45) is 0 Å². The van der Waals surface area contributed by atoms with E-state index in [-0.39, 0.29) is 6.03 Å². The molecule has 0 spiro atoms. The van der Waals surface area contributed by atoms with Gasteiger partial charge in [-0.1, -0.05) is 54.1 Å². The Morgan fingerprint density at radius 1 is 1.00 bits per heavy atom. The van der Waals surface area contributed by atoms with E-state index in [4.69, 9.17) is 0 Å². The highest BCUT2D eigenvalue weighted by Gasteiger charge is 2.19. The molecular weight excluding hydrogens is 322 g/mol. The van der Waals surface area contributed by atoms with Crippen LogP contribution in [0.5, 0.6) is 0 Å². The SMILES string of the molecule is Cc1ccc(CNC(=O)N2CCCN(Cc3ccccc3)CC2)c(C)c1. The summed E-state index contributed by atoms with van der Waals surface area (Å²) in [5.74, 6) is 0. The fourth-order valence-electron chi connectivity index (χ4n) is 3.50. The number of benzene rings is 2. The van der Waals surface area contributed by atoms with Crippen molar-refractivity contribution in [2.75, 3.05) is 26.2 Å². The summed E-state index contributed by atoms with van der Waals surface area (Å²) in [7, 11) is 0. The van der Waals surface area contributed by atoms with Gasteiger partial charge in [-0.2, -0.15) is 0 Å². The van der Waals surface area contributed by atoms with Gasteiger partial charge < -0.3 is 10.2 Å². The van der Waals surface area contributed by atoms with E-state index >= 15 is 0 Å². The highest BCUT2D eigenvalue weighted by Crippen LogP contribution is 2.12. The van der Waals surface area contributed by atoms with Gasteiger partial charge in [0, 0.05) is 39.3 Å². The van der Waals surface area contributed by atoms with Crippen LogP contribution in [0.1, 0.15) is 28.7 Å². The number of aryl methyl sites for hydroxylation is 2. The Hall–Kier alpha value is -2.33. The van der Waals surface area contributed by atoms with Crippen LogP contribution in [0, 0.1) is 13.8 Å². The number of amides is 2. The molecule has 1 aliphatic heterocycles. The second-order valence-corrected chi connectivity index (χ2v) is 7.19. The fraction of sp³-hybridized carbons (Fsp3) is 0.409. The first-order chi connectivity index (χ1) is 12.6. The number of rotatable bonds is 4. The van der Waals surface area contributed by atoms with Crippen LogP contribution in [-0.2, 0) is 13.1 Å².